The lowest BCUT2D eigenvalue weighted by Gasteiger charge is -2.29. The van der Waals surface area contributed by atoms with Gasteiger partial charge in [-0.3, -0.25) is 4.90 Å². The van der Waals surface area contributed by atoms with Crippen LogP contribution >= 0.6 is 11.3 Å². The van der Waals surface area contributed by atoms with Crippen molar-refractivity contribution in [3.63, 3.8) is 0 Å². The number of hydrogen-bond acceptors (Lipinski definition) is 3. The number of β-amino-alcohol motifs (C(OH)–C–C–N with tert-alkyl or cyclic N) is 1. The van der Waals surface area contributed by atoms with Crippen molar-refractivity contribution >= 4 is 11.3 Å². The van der Waals surface area contributed by atoms with Crippen molar-refractivity contribution in [1.29, 1.82) is 0 Å². The summed E-state index contributed by atoms with van der Waals surface area (Å²) >= 11 is 1.88. The van der Waals surface area contributed by atoms with E-state index in [0.717, 1.165) is 32.0 Å². The fourth-order valence-electron chi connectivity index (χ4n) is 3.47. The van der Waals surface area contributed by atoms with Crippen LogP contribution in [0.15, 0.2) is 11.4 Å². The molecule has 1 unspecified atom stereocenters. The smallest absolute Gasteiger partial charge is 0.0669 e. The molecule has 1 fully saturated rings. The monoisotopic (exact) mass is 265 g/mol. The largest absolute Gasteiger partial charge is 0.392 e. The summed E-state index contributed by atoms with van der Waals surface area (Å²) in [6.07, 6.45) is 7.50. The SMILES string of the molecule is OC(CC1CCCC1)CN1CCc2sccc2C1. The maximum absolute atomic E-state index is 10.2. The van der Waals surface area contributed by atoms with Crippen LogP contribution < -0.4 is 0 Å². The van der Waals surface area contributed by atoms with Gasteiger partial charge in [-0.25, -0.2) is 0 Å². The minimum atomic E-state index is -0.117. The van der Waals surface area contributed by atoms with Crippen LogP contribution in [0.4, 0.5) is 0 Å². The minimum Gasteiger partial charge on any atom is -0.392 e. The third-order valence-electron chi connectivity index (χ3n) is 4.44. The van der Waals surface area contributed by atoms with Gasteiger partial charge in [0.2, 0.25) is 0 Å². The molecule has 3 heteroatoms. The van der Waals surface area contributed by atoms with Crippen LogP contribution in [0, 0.1) is 5.92 Å². The molecular weight excluding hydrogens is 242 g/mol. The van der Waals surface area contributed by atoms with Crippen molar-refractivity contribution in [2.24, 2.45) is 5.92 Å². The quantitative estimate of drug-likeness (QED) is 0.904. The molecule has 1 saturated carbocycles. The Balaban J connectivity index is 1.48. The van der Waals surface area contributed by atoms with Gasteiger partial charge >= 0.3 is 0 Å². The van der Waals surface area contributed by atoms with Crippen LogP contribution in [0.1, 0.15) is 42.5 Å². The summed E-state index contributed by atoms with van der Waals surface area (Å²) in [6.45, 7) is 3.03. The zero-order chi connectivity index (χ0) is 12.4. The first-order chi connectivity index (χ1) is 8.81. The highest BCUT2D eigenvalue weighted by Gasteiger charge is 2.23. The summed E-state index contributed by atoms with van der Waals surface area (Å²) in [5.41, 5.74) is 1.49. The number of aliphatic hydroxyl groups is 1. The van der Waals surface area contributed by atoms with E-state index in [-0.39, 0.29) is 6.10 Å². The number of aliphatic hydroxyl groups excluding tert-OH is 1. The number of hydrogen-bond donors (Lipinski definition) is 1. The standard InChI is InChI=1S/C15H23NOS/c17-14(9-12-3-1-2-4-12)11-16-7-5-15-13(10-16)6-8-18-15/h6,8,12,14,17H,1-5,7,9-11H2. The van der Waals surface area contributed by atoms with Gasteiger partial charge in [0.25, 0.3) is 0 Å². The third-order valence-corrected chi connectivity index (χ3v) is 5.46. The first-order valence-corrected chi connectivity index (χ1v) is 8.15. The van der Waals surface area contributed by atoms with Gasteiger partial charge in [0.15, 0.2) is 0 Å². The highest BCUT2D eigenvalue weighted by atomic mass is 32.1. The Kier molecular flexibility index (Phi) is 4.02. The van der Waals surface area contributed by atoms with E-state index in [1.807, 2.05) is 11.3 Å². The lowest BCUT2D eigenvalue weighted by molar-refractivity contribution is 0.0857. The van der Waals surface area contributed by atoms with Gasteiger partial charge < -0.3 is 5.11 Å². The van der Waals surface area contributed by atoms with Crippen molar-refractivity contribution in [3.05, 3.63) is 21.9 Å². The summed E-state index contributed by atoms with van der Waals surface area (Å²) in [7, 11) is 0. The fraction of sp³-hybridized carbons (Fsp3) is 0.733. The molecule has 1 N–H and O–H groups in total. The summed E-state index contributed by atoms with van der Waals surface area (Å²) in [5, 5.41) is 12.4. The molecule has 1 aliphatic carbocycles. The number of rotatable bonds is 4. The van der Waals surface area contributed by atoms with Gasteiger partial charge in [-0.15, -0.1) is 11.3 Å². The molecule has 100 valence electrons. The van der Waals surface area contributed by atoms with E-state index in [0.29, 0.717) is 0 Å². The van der Waals surface area contributed by atoms with Gasteiger partial charge in [0, 0.05) is 24.5 Å². The molecule has 0 radical (unpaired) electrons. The molecule has 0 saturated heterocycles. The van der Waals surface area contributed by atoms with E-state index in [9.17, 15) is 5.11 Å². The Hall–Kier alpha value is -0.380. The van der Waals surface area contributed by atoms with Crippen molar-refractivity contribution in [2.75, 3.05) is 13.1 Å². The average Bonchev–Trinajstić information content (AvgIpc) is 2.98. The second-order valence-electron chi connectivity index (χ2n) is 5.89. The second-order valence-corrected chi connectivity index (χ2v) is 6.89. The summed E-state index contributed by atoms with van der Waals surface area (Å²) in [6, 6.07) is 2.25. The predicted molar refractivity (Wildman–Crippen MR) is 75.9 cm³/mol. The molecule has 1 aliphatic heterocycles. The van der Waals surface area contributed by atoms with E-state index in [1.54, 1.807) is 4.88 Å². The van der Waals surface area contributed by atoms with E-state index >= 15 is 0 Å². The normalized spacial score (nSPS) is 23.2. The predicted octanol–water partition coefficient (Wildman–Crippen LogP) is 3.05. The highest BCUT2D eigenvalue weighted by molar-refractivity contribution is 7.10. The van der Waals surface area contributed by atoms with E-state index < -0.39 is 0 Å². The Morgan fingerprint density at radius 3 is 3.06 bits per heavy atom. The highest BCUT2D eigenvalue weighted by Crippen LogP contribution is 2.29. The first-order valence-electron chi connectivity index (χ1n) is 7.27. The molecule has 0 aromatic carbocycles. The van der Waals surface area contributed by atoms with Crippen LogP contribution in [0.5, 0.6) is 0 Å². The zero-order valence-corrected chi connectivity index (χ0v) is 11.8. The molecule has 3 rings (SSSR count). The van der Waals surface area contributed by atoms with Gasteiger partial charge in [-0.1, -0.05) is 25.7 Å². The molecule has 0 spiro atoms. The number of fused-ring (bicyclic) bond motifs is 1. The van der Waals surface area contributed by atoms with Gasteiger partial charge in [-0.2, -0.15) is 0 Å². The van der Waals surface area contributed by atoms with Gasteiger partial charge in [0.1, 0.15) is 0 Å². The lowest BCUT2D eigenvalue weighted by Crippen LogP contribution is -2.36. The Labute approximate surface area is 114 Å². The van der Waals surface area contributed by atoms with Crippen LogP contribution in [-0.4, -0.2) is 29.2 Å². The van der Waals surface area contributed by atoms with Crippen molar-refractivity contribution in [3.8, 4) is 0 Å². The van der Waals surface area contributed by atoms with Crippen molar-refractivity contribution in [1.82, 2.24) is 4.90 Å². The van der Waals surface area contributed by atoms with Crippen molar-refractivity contribution in [2.45, 2.75) is 51.2 Å². The topological polar surface area (TPSA) is 23.5 Å². The molecule has 0 bridgehead atoms. The Bertz CT molecular complexity index is 384. The molecule has 0 amide bonds. The van der Waals surface area contributed by atoms with E-state index in [2.05, 4.69) is 16.3 Å². The van der Waals surface area contributed by atoms with E-state index in [4.69, 9.17) is 0 Å². The molecule has 1 atom stereocenters. The molecule has 1 aromatic heterocycles. The second kappa shape index (κ2) is 5.72. The van der Waals surface area contributed by atoms with Crippen LogP contribution in [0.25, 0.3) is 0 Å². The van der Waals surface area contributed by atoms with Gasteiger partial charge in [0.05, 0.1) is 6.10 Å². The first kappa shape index (κ1) is 12.6. The molecule has 2 nitrogen and oxygen atoms in total. The number of nitrogens with zero attached hydrogens (tertiary/aromatic N) is 1. The average molecular weight is 265 g/mol. The molecule has 2 aliphatic rings. The van der Waals surface area contributed by atoms with E-state index in [1.165, 1.54) is 37.7 Å². The molecule has 2 heterocycles. The fourth-order valence-corrected chi connectivity index (χ4v) is 4.36. The minimum absolute atomic E-state index is 0.117. The van der Waals surface area contributed by atoms with Crippen molar-refractivity contribution < 1.29 is 5.11 Å². The summed E-state index contributed by atoms with van der Waals surface area (Å²) in [4.78, 5) is 3.98. The molecular formula is C15H23NOS. The Morgan fingerprint density at radius 1 is 1.39 bits per heavy atom. The zero-order valence-electron chi connectivity index (χ0n) is 11.0. The Morgan fingerprint density at radius 2 is 2.22 bits per heavy atom. The van der Waals surface area contributed by atoms with Crippen LogP contribution in [0.2, 0.25) is 0 Å². The van der Waals surface area contributed by atoms with Crippen LogP contribution in [0.3, 0.4) is 0 Å². The van der Waals surface area contributed by atoms with Gasteiger partial charge in [-0.05, 0) is 35.8 Å². The molecule has 18 heavy (non-hydrogen) atoms. The number of thiophene rings is 1. The summed E-state index contributed by atoms with van der Waals surface area (Å²) < 4.78 is 0. The maximum Gasteiger partial charge on any atom is 0.0669 e. The third kappa shape index (κ3) is 2.95. The maximum atomic E-state index is 10.2. The molecule has 1 aromatic rings. The lowest BCUT2D eigenvalue weighted by atomic mass is 9.99. The summed E-state index contributed by atoms with van der Waals surface area (Å²) in [5.74, 6) is 0.793. The van der Waals surface area contributed by atoms with Crippen LogP contribution in [-0.2, 0) is 13.0 Å².